The van der Waals surface area contributed by atoms with Crippen LogP contribution in [0.2, 0.25) is 5.02 Å². The van der Waals surface area contributed by atoms with E-state index >= 15 is 0 Å². The SMILES string of the molecule is CCOC(=O)/C=C1/C(=O)N(C(=O)c2ccccc2)c2ccc(Cl)cc21. The van der Waals surface area contributed by atoms with Crippen LogP contribution < -0.4 is 4.90 Å². The molecule has 1 aliphatic rings. The van der Waals surface area contributed by atoms with Crippen molar-refractivity contribution < 1.29 is 19.1 Å². The van der Waals surface area contributed by atoms with Crippen LogP contribution in [0, 0.1) is 0 Å². The third kappa shape index (κ3) is 3.19. The minimum absolute atomic E-state index is 0.0835. The van der Waals surface area contributed by atoms with Gasteiger partial charge in [0, 0.05) is 22.2 Å². The number of nitrogens with zero attached hydrogens (tertiary/aromatic N) is 1. The van der Waals surface area contributed by atoms with Crippen molar-refractivity contribution in [2.75, 3.05) is 11.5 Å². The zero-order valence-corrected chi connectivity index (χ0v) is 14.1. The number of rotatable bonds is 3. The van der Waals surface area contributed by atoms with Crippen LogP contribution in [0.5, 0.6) is 0 Å². The Balaban J connectivity index is 2.09. The van der Waals surface area contributed by atoms with E-state index < -0.39 is 17.8 Å². The molecule has 1 aliphatic heterocycles. The number of carbonyl (C=O) groups excluding carboxylic acids is 3. The van der Waals surface area contributed by atoms with Gasteiger partial charge >= 0.3 is 5.97 Å². The van der Waals surface area contributed by atoms with Crippen molar-refractivity contribution >= 4 is 40.6 Å². The van der Waals surface area contributed by atoms with E-state index in [1.807, 2.05) is 0 Å². The maximum atomic E-state index is 12.8. The third-order valence-corrected chi connectivity index (χ3v) is 3.93. The van der Waals surface area contributed by atoms with Crippen LogP contribution in [0.4, 0.5) is 5.69 Å². The minimum Gasteiger partial charge on any atom is -0.463 e. The Hall–Kier alpha value is -2.92. The first-order valence-electron chi connectivity index (χ1n) is 7.65. The van der Waals surface area contributed by atoms with Crippen molar-refractivity contribution in [1.82, 2.24) is 0 Å². The summed E-state index contributed by atoms with van der Waals surface area (Å²) in [6, 6.07) is 13.2. The molecule has 0 saturated carbocycles. The molecule has 2 aromatic carbocycles. The van der Waals surface area contributed by atoms with Gasteiger partial charge in [-0.2, -0.15) is 0 Å². The Morgan fingerprint density at radius 2 is 1.88 bits per heavy atom. The summed E-state index contributed by atoms with van der Waals surface area (Å²) < 4.78 is 4.87. The fraction of sp³-hybridized carbons (Fsp3) is 0.105. The lowest BCUT2D eigenvalue weighted by atomic mass is 10.1. The molecule has 25 heavy (non-hydrogen) atoms. The third-order valence-electron chi connectivity index (χ3n) is 3.70. The Morgan fingerprint density at radius 1 is 1.16 bits per heavy atom. The van der Waals surface area contributed by atoms with Crippen molar-refractivity contribution in [3.63, 3.8) is 0 Å². The van der Waals surface area contributed by atoms with Crippen molar-refractivity contribution in [3.05, 3.63) is 70.8 Å². The molecular weight excluding hydrogens is 342 g/mol. The molecule has 2 amide bonds. The molecule has 0 aliphatic carbocycles. The molecule has 0 radical (unpaired) electrons. The lowest BCUT2D eigenvalue weighted by Gasteiger charge is -2.15. The first-order chi connectivity index (χ1) is 12.0. The van der Waals surface area contributed by atoms with E-state index in [2.05, 4.69) is 0 Å². The lowest BCUT2D eigenvalue weighted by Crippen LogP contribution is -2.33. The molecular formula is C19H14ClNO4. The zero-order valence-electron chi connectivity index (χ0n) is 13.4. The smallest absolute Gasteiger partial charge is 0.331 e. The lowest BCUT2D eigenvalue weighted by molar-refractivity contribution is -0.137. The van der Waals surface area contributed by atoms with E-state index in [1.165, 1.54) is 0 Å². The summed E-state index contributed by atoms with van der Waals surface area (Å²) >= 11 is 6.02. The molecule has 0 aromatic heterocycles. The van der Waals surface area contributed by atoms with Crippen molar-refractivity contribution in [3.8, 4) is 0 Å². The molecule has 0 saturated heterocycles. The van der Waals surface area contributed by atoms with Crippen molar-refractivity contribution in [2.45, 2.75) is 6.92 Å². The number of hydrogen-bond acceptors (Lipinski definition) is 4. The Kier molecular flexibility index (Phi) is 4.67. The molecule has 5 nitrogen and oxygen atoms in total. The summed E-state index contributed by atoms with van der Waals surface area (Å²) in [6.45, 7) is 1.86. The highest BCUT2D eigenvalue weighted by molar-refractivity contribution is 6.43. The summed E-state index contributed by atoms with van der Waals surface area (Å²) in [7, 11) is 0. The molecule has 126 valence electrons. The molecule has 0 atom stereocenters. The van der Waals surface area contributed by atoms with E-state index in [1.54, 1.807) is 55.5 Å². The second-order valence-electron chi connectivity index (χ2n) is 5.28. The van der Waals surface area contributed by atoms with Crippen LogP contribution >= 0.6 is 11.6 Å². The number of carbonyl (C=O) groups is 3. The summed E-state index contributed by atoms with van der Waals surface area (Å²) in [6.07, 6.45) is 1.10. The zero-order chi connectivity index (χ0) is 18.0. The van der Waals surface area contributed by atoms with Crippen LogP contribution in [-0.2, 0) is 14.3 Å². The summed E-state index contributed by atoms with van der Waals surface area (Å²) in [4.78, 5) is 38.5. The van der Waals surface area contributed by atoms with Gasteiger partial charge in [0.25, 0.3) is 11.8 Å². The predicted octanol–water partition coefficient (Wildman–Crippen LogP) is 3.47. The first-order valence-corrected chi connectivity index (χ1v) is 8.03. The second-order valence-corrected chi connectivity index (χ2v) is 5.72. The van der Waals surface area contributed by atoms with Crippen LogP contribution in [-0.4, -0.2) is 24.4 Å². The topological polar surface area (TPSA) is 63.7 Å². The summed E-state index contributed by atoms with van der Waals surface area (Å²) in [5, 5.41) is 0.398. The number of amides is 2. The van der Waals surface area contributed by atoms with Gasteiger partial charge in [-0.05, 0) is 37.3 Å². The molecule has 0 fully saturated rings. The average Bonchev–Trinajstić information content (AvgIpc) is 2.87. The van der Waals surface area contributed by atoms with E-state index in [9.17, 15) is 14.4 Å². The number of imide groups is 1. The van der Waals surface area contributed by atoms with E-state index in [4.69, 9.17) is 16.3 Å². The molecule has 0 N–H and O–H groups in total. The van der Waals surface area contributed by atoms with Gasteiger partial charge in [-0.3, -0.25) is 9.59 Å². The predicted molar refractivity (Wildman–Crippen MR) is 94.3 cm³/mol. The molecule has 2 aromatic rings. The molecule has 6 heteroatoms. The summed E-state index contributed by atoms with van der Waals surface area (Å²) in [5.41, 5.74) is 1.27. The van der Waals surface area contributed by atoms with Crippen LogP contribution in [0.1, 0.15) is 22.8 Å². The highest BCUT2D eigenvalue weighted by atomic mass is 35.5. The fourth-order valence-corrected chi connectivity index (χ4v) is 2.79. The van der Waals surface area contributed by atoms with Crippen molar-refractivity contribution in [1.29, 1.82) is 0 Å². The van der Waals surface area contributed by atoms with Gasteiger partial charge in [0.2, 0.25) is 0 Å². The maximum Gasteiger partial charge on any atom is 0.331 e. The molecule has 3 rings (SSSR count). The average molecular weight is 356 g/mol. The maximum absolute atomic E-state index is 12.8. The molecule has 0 bridgehead atoms. The first kappa shape index (κ1) is 16.9. The fourth-order valence-electron chi connectivity index (χ4n) is 2.62. The molecule has 0 unspecified atom stereocenters. The monoisotopic (exact) mass is 355 g/mol. The van der Waals surface area contributed by atoms with E-state index in [0.29, 0.717) is 21.8 Å². The number of esters is 1. The highest BCUT2D eigenvalue weighted by Crippen LogP contribution is 2.39. The number of fused-ring (bicyclic) bond motifs is 1. The molecule has 0 spiro atoms. The Labute approximate surface area is 149 Å². The Bertz CT molecular complexity index is 890. The largest absolute Gasteiger partial charge is 0.463 e. The minimum atomic E-state index is -0.647. The van der Waals surface area contributed by atoms with Crippen molar-refractivity contribution in [2.24, 2.45) is 0 Å². The molecule has 1 heterocycles. The van der Waals surface area contributed by atoms with Crippen LogP contribution in [0.25, 0.3) is 5.57 Å². The Morgan fingerprint density at radius 3 is 2.56 bits per heavy atom. The number of anilines is 1. The summed E-state index contributed by atoms with van der Waals surface area (Å²) in [5.74, 6) is -1.70. The second kappa shape index (κ2) is 6.91. The van der Waals surface area contributed by atoms with Gasteiger partial charge in [-0.15, -0.1) is 0 Å². The standard InChI is InChI=1S/C19H14ClNO4/c1-2-25-17(22)11-15-14-10-13(20)8-9-16(14)21(19(15)24)18(23)12-6-4-3-5-7-12/h3-11H,2H2,1H3/b15-11+. The number of hydrogen-bond donors (Lipinski definition) is 0. The van der Waals surface area contributed by atoms with E-state index in [0.717, 1.165) is 11.0 Å². The van der Waals surface area contributed by atoms with Gasteiger partial charge in [-0.1, -0.05) is 29.8 Å². The normalized spacial score (nSPS) is 14.6. The number of ether oxygens (including phenoxy) is 1. The van der Waals surface area contributed by atoms with Crippen LogP contribution in [0.3, 0.4) is 0 Å². The van der Waals surface area contributed by atoms with Gasteiger partial charge in [0.15, 0.2) is 0 Å². The van der Waals surface area contributed by atoms with Gasteiger partial charge < -0.3 is 4.74 Å². The van der Waals surface area contributed by atoms with Gasteiger partial charge in [0.1, 0.15) is 0 Å². The quantitative estimate of drug-likeness (QED) is 0.480. The van der Waals surface area contributed by atoms with E-state index in [-0.39, 0.29) is 12.2 Å². The van der Waals surface area contributed by atoms with Gasteiger partial charge in [-0.25, -0.2) is 9.69 Å². The highest BCUT2D eigenvalue weighted by Gasteiger charge is 2.37. The van der Waals surface area contributed by atoms with Crippen LogP contribution in [0.15, 0.2) is 54.6 Å². The number of halogens is 1. The number of benzene rings is 2. The van der Waals surface area contributed by atoms with Gasteiger partial charge in [0.05, 0.1) is 17.9 Å².